The van der Waals surface area contributed by atoms with Crippen molar-refractivity contribution in [1.82, 2.24) is 5.32 Å². The van der Waals surface area contributed by atoms with E-state index in [1.165, 1.54) is 35.7 Å². The van der Waals surface area contributed by atoms with Crippen LogP contribution in [0.2, 0.25) is 0 Å². The molecule has 0 radical (unpaired) electrons. The molecule has 2 aromatic carbocycles. The summed E-state index contributed by atoms with van der Waals surface area (Å²) < 4.78 is 0. The molecule has 88 valence electrons. The fourth-order valence-corrected chi connectivity index (χ4v) is 2.40. The number of fused-ring (bicyclic) bond motifs is 1. The molecular formula is C16H19N. The van der Waals surface area contributed by atoms with Crippen LogP contribution in [0.1, 0.15) is 31.4 Å². The highest BCUT2D eigenvalue weighted by Gasteiger charge is 2.21. The highest BCUT2D eigenvalue weighted by atomic mass is 14.9. The van der Waals surface area contributed by atoms with Crippen molar-refractivity contribution < 1.29 is 0 Å². The minimum atomic E-state index is 0.446. The van der Waals surface area contributed by atoms with E-state index in [-0.39, 0.29) is 0 Å². The van der Waals surface area contributed by atoms with Gasteiger partial charge in [-0.05, 0) is 48.6 Å². The van der Waals surface area contributed by atoms with Crippen LogP contribution >= 0.6 is 0 Å². The molecule has 1 nitrogen and oxygen atoms in total. The quantitative estimate of drug-likeness (QED) is 0.832. The van der Waals surface area contributed by atoms with Crippen molar-refractivity contribution in [2.75, 3.05) is 6.54 Å². The van der Waals surface area contributed by atoms with Gasteiger partial charge in [-0.3, -0.25) is 0 Å². The SMILES string of the molecule is CC(NCC1CC1)c1cccc2ccccc12. The second-order valence-electron chi connectivity index (χ2n) is 5.14. The molecule has 0 amide bonds. The molecule has 1 aliphatic carbocycles. The maximum absolute atomic E-state index is 3.65. The molecule has 0 spiro atoms. The van der Waals surface area contributed by atoms with Crippen molar-refractivity contribution in [3.63, 3.8) is 0 Å². The summed E-state index contributed by atoms with van der Waals surface area (Å²) in [5.41, 5.74) is 1.42. The lowest BCUT2D eigenvalue weighted by Crippen LogP contribution is -2.21. The summed E-state index contributed by atoms with van der Waals surface area (Å²) >= 11 is 0. The van der Waals surface area contributed by atoms with E-state index in [1.54, 1.807) is 0 Å². The van der Waals surface area contributed by atoms with Gasteiger partial charge in [-0.15, -0.1) is 0 Å². The second-order valence-corrected chi connectivity index (χ2v) is 5.14. The molecule has 2 aromatic rings. The summed E-state index contributed by atoms with van der Waals surface area (Å²) in [6.45, 7) is 3.44. The molecule has 0 heterocycles. The first kappa shape index (κ1) is 10.8. The normalized spacial score (nSPS) is 17.2. The zero-order valence-electron chi connectivity index (χ0n) is 10.3. The largest absolute Gasteiger partial charge is 0.310 e. The van der Waals surface area contributed by atoms with E-state index in [2.05, 4.69) is 54.7 Å². The fraction of sp³-hybridized carbons (Fsp3) is 0.375. The molecule has 17 heavy (non-hydrogen) atoms. The summed E-state index contributed by atoms with van der Waals surface area (Å²) in [7, 11) is 0. The minimum absolute atomic E-state index is 0.446. The van der Waals surface area contributed by atoms with E-state index in [9.17, 15) is 0 Å². The smallest absolute Gasteiger partial charge is 0.0298 e. The van der Waals surface area contributed by atoms with E-state index in [1.807, 2.05) is 0 Å². The Morgan fingerprint density at radius 3 is 2.71 bits per heavy atom. The Balaban J connectivity index is 1.87. The molecule has 1 N–H and O–H groups in total. The zero-order chi connectivity index (χ0) is 11.7. The minimum Gasteiger partial charge on any atom is -0.310 e. The van der Waals surface area contributed by atoms with Crippen LogP contribution in [-0.2, 0) is 0 Å². The molecule has 0 saturated heterocycles. The summed E-state index contributed by atoms with van der Waals surface area (Å²) in [5, 5.41) is 6.37. The van der Waals surface area contributed by atoms with Crippen LogP contribution in [0.25, 0.3) is 10.8 Å². The monoisotopic (exact) mass is 225 g/mol. The van der Waals surface area contributed by atoms with E-state index in [0.717, 1.165) is 5.92 Å². The number of rotatable bonds is 4. The van der Waals surface area contributed by atoms with Crippen LogP contribution in [0.15, 0.2) is 42.5 Å². The average molecular weight is 225 g/mol. The lowest BCUT2D eigenvalue weighted by Gasteiger charge is -2.16. The van der Waals surface area contributed by atoms with E-state index < -0.39 is 0 Å². The van der Waals surface area contributed by atoms with Gasteiger partial charge in [0.1, 0.15) is 0 Å². The van der Waals surface area contributed by atoms with E-state index >= 15 is 0 Å². The third-order valence-electron chi connectivity index (χ3n) is 3.70. The van der Waals surface area contributed by atoms with Gasteiger partial charge >= 0.3 is 0 Å². The standard InChI is InChI=1S/C16H19N/c1-12(17-11-13-9-10-13)15-8-4-6-14-5-2-3-7-16(14)15/h2-8,12-13,17H,9-11H2,1H3. The van der Waals surface area contributed by atoms with Crippen molar-refractivity contribution >= 4 is 10.8 Å². The van der Waals surface area contributed by atoms with Crippen LogP contribution in [0.4, 0.5) is 0 Å². The molecule has 0 aliphatic heterocycles. The topological polar surface area (TPSA) is 12.0 Å². The lowest BCUT2D eigenvalue weighted by molar-refractivity contribution is 0.551. The molecule has 0 bridgehead atoms. The van der Waals surface area contributed by atoms with Crippen LogP contribution in [0.5, 0.6) is 0 Å². The Morgan fingerprint density at radius 2 is 1.88 bits per heavy atom. The highest BCUT2D eigenvalue weighted by molar-refractivity contribution is 5.86. The predicted molar refractivity (Wildman–Crippen MR) is 73.1 cm³/mol. The Kier molecular flexibility index (Phi) is 2.86. The maximum atomic E-state index is 3.65. The first-order chi connectivity index (χ1) is 8.34. The van der Waals surface area contributed by atoms with Crippen molar-refractivity contribution in [3.05, 3.63) is 48.0 Å². The number of benzene rings is 2. The number of hydrogen-bond acceptors (Lipinski definition) is 1. The van der Waals surface area contributed by atoms with Crippen LogP contribution in [0.3, 0.4) is 0 Å². The lowest BCUT2D eigenvalue weighted by atomic mass is 9.99. The summed E-state index contributed by atoms with van der Waals surface area (Å²) in [6.07, 6.45) is 2.82. The third kappa shape index (κ3) is 2.34. The van der Waals surface area contributed by atoms with Gasteiger partial charge < -0.3 is 5.32 Å². The Bertz CT molecular complexity index is 508. The average Bonchev–Trinajstić information content (AvgIpc) is 3.19. The zero-order valence-corrected chi connectivity index (χ0v) is 10.3. The molecule has 1 heteroatoms. The van der Waals surface area contributed by atoms with Gasteiger partial charge in [0.2, 0.25) is 0 Å². The highest BCUT2D eigenvalue weighted by Crippen LogP contribution is 2.29. The molecule has 3 rings (SSSR count). The first-order valence-electron chi connectivity index (χ1n) is 6.55. The van der Waals surface area contributed by atoms with Gasteiger partial charge in [0.15, 0.2) is 0 Å². The molecular weight excluding hydrogens is 206 g/mol. The van der Waals surface area contributed by atoms with Gasteiger partial charge in [-0.2, -0.15) is 0 Å². The Hall–Kier alpha value is -1.34. The fourth-order valence-electron chi connectivity index (χ4n) is 2.40. The van der Waals surface area contributed by atoms with Crippen molar-refractivity contribution in [2.45, 2.75) is 25.8 Å². The maximum Gasteiger partial charge on any atom is 0.0298 e. The van der Waals surface area contributed by atoms with Crippen molar-refractivity contribution in [2.24, 2.45) is 5.92 Å². The Labute approximate surface area is 103 Å². The van der Waals surface area contributed by atoms with E-state index in [0.29, 0.717) is 6.04 Å². The molecule has 1 atom stereocenters. The molecule has 0 aromatic heterocycles. The molecule has 1 fully saturated rings. The molecule has 1 unspecified atom stereocenters. The molecule has 1 saturated carbocycles. The third-order valence-corrected chi connectivity index (χ3v) is 3.70. The van der Waals surface area contributed by atoms with Gasteiger partial charge in [0.25, 0.3) is 0 Å². The van der Waals surface area contributed by atoms with E-state index in [4.69, 9.17) is 0 Å². The van der Waals surface area contributed by atoms with Crippen molar-refractivity contribution in [1.29, 1.82) is 0 Å². The predicted octanol–water partition coefficient (Wildman–Crippen LogP) is 3.90. The van der Waals surface area contributed by atoms with Crippen LogP contribution in [-0.4, -0.2) is 6.54 Å². The summed E-state index contributed by atoms with van der Waals surface area (Å²) in [4.78, 5) is 0. The van der Waals surface area contributed by atoms with Crippen LogP contribution < -0.4 is 5.32 Å². The summed E-state index contributed by atoms with van der Waals surface area (Å²) in [5.74, 6) is 0.937. The Morgan fingerprint density at radius 1 is 1.12 bits per heavy atom. The first-order valence-corrected chi connectivity index (χ1v) is 6.55. The van der Waals surface area contributed by atoms with Crippen molar-refractivity contribution in [3.8, 4) is 0 Å². The van der Waals surface area contributed by atoms with Gasteiger partial charge in [-0.1, -0.05) is 42.5 Å². The number of nitrogens with one attached hydrogen (secondary N) is 1. The summed E-state index contributed by atoms with van der Waals surface area (Å²) in [6, 6.07) is 15.7. The molecule has 1 aliphatic rings. The van der Waals surface area contributed by atoms with Gasteiger partial charge in [0.05, 0.1) is 0 Å². The number of hydrogen-bond donors (Lipinski definition) is 1. The second kappa shape index (κ2) is 4.50. The van der Waals surface area contributed by atoms with Crippen LogP contribution in [0, 0.1) is 5.92 Å². The van der Waals surface area contributed by atoms with Gasteiger partial charge in [0, 0.05) is 6.04 Å². The van der Waals surface area contributed by atoms with Gasteiger partial charge in [-0.25, -0.2) is 0 Å².